The molecule has 8 heteroatoms. The summed E-state index contributed by atoms with van der Waals surface area (Å²) in [5.74, 6) is -0.985. The van der Waals surface area contributed by atoms with Crippen LogP contribution in [0, 0.1) is 16.0 Å². The summed E-state index contributed by atoms with van der Waals surface area (Å²) in [6, 6.07) is 2.79. The van der Waals surface area contributed by atoms with Gasteiger partial charge in [-0.15, -0.1) is 0 Å². The number of carbonyl (C=O) groups excluding carboxylic acids is 2. The SMILES string of the molecule is CCN(C(=O)C1CN(C(=O)c2ccc([N+](=O)[O-])o2)C1)C1CCCCC1. The van der Waals surface area contributed by atoms with Crippen molar-refractivity contribution in [1.29, 1.82) is 0 Å². The number of amides is 2. The molecule has 1 aromatic heterocycles. The Morgan fingerprint density at radius 1 is 1.28 bits per heavy atom. The zero-order chi connectivity index (χ0) is 18.0. The van der Waals surface area contributed by atoms with Gasteiger partial charge in [0.2, 0.25) is 5.91 Å². The lowest BCUT2D eigenvalue weighted by Gasteiger charge is -2.42. The van der Waals surface area contributed by atoms with E-state index < -0.39 is 16.7 Å². The van der Waals surface area contributed by atoms with E-state index in [1.807, 2.05) is 11.8 Å². The number of likely N-dealkylation sites (tertiary alicyclic amines) is 1. The molecule has 1 aromatic rings. The highest BCUT2D eigenvalue weighted by molar-refractivity contribution is 5.94. The van der Waals surface area contributed by atoms with Crippen molar-refractivity contribution in [1.82, 2.24) is 9.80 Å². The molecule has 2 heterocycles. The Kier molecular flexibility index (Phi) is 5.06. The van der Waals surface area contributed by atoms with Crippen molar-refractivity contribution >= 4 is 17.7 Å². The highest BCUT2D eigenvalue weighted by atomic mass is 16.6. The van der Waals surface area contributed by atoms with E-state index in [1.165, 1.54) is 30.2 Å². The number of hydrogen-bond donors (Lipinski definition) is 0. The van der Waals surface area contributed by atoms with Crippen LogP contribution in [0.4, 0.5) is 5.88 Å². The van der Waals surface area contributed by atoms with E-state index in [-0.39, 0.29) is 17.6 Å². The Morgan fingerprint density at radius 3 is 2.52 bits per heavy atom. The first-order valence-electron chi connectivity index (χ1n) is 8.85. The van der Waals surface area contributed by atoms with Crippen molar-refractivity contribution < 1.29 is 18.9 Å². The highest BCUT2D eigenvalue weighted by Crippen LogP contribution is 2.27. The third-order valence-corrected chi connectivity index (χ3v) is 5.14. The summed E-state index contributed by atoms with van der Waals surface area (Å²) >= 11 is 0. The first-order chi connectivity index (χ1) is 12.0. The number of hydrogen-bond acceptors (Lipinski definition) is 5. The van der Waals surface area contributed by atoms with Gasteiger partial charge in [-0.3, -0.25) is 19.7 Å². The number of rotatable bonds is 5. The van der Waals surface area contributed by atoms with Crippen LogP contribution in [-0.2, 0) is 4.79 Å². The molecule has 0 unspecified atom stereocenters. The molecule has 3 rings (SSSR count). The van der Waals surface area contributed by atoms with Crippen molar-refractivity contribution in [2.24, 2.45) is 5.92 Å². The van der Waals surface area contributed by atoms with Gasteiger partial charge < -0.3 is 14.2 Å². The maximum atomic E-state index is 12.7. The van der Waals surface area contributed by atoms with Gasteiger partial charge in [-0.1, -0.05) is 19.3 Å². The quantitative estimate of drug-likeness (QED) is 0.601. The number of nitro groups is 1. The summed E-state index contributed by atoms with van der Waals surface area (Å²) in [5, 5.41) is 10.6. The first kappa shape index (κ1) is 17.4. The maximum absolute atomic E-state index is 12.7. The normalized spacial score (nSPS) is 18.7. The summed E-state index contributed by atoms with van der Waals surface area (Å²) in [5.41, 5.74) is 0. The second-order valence-corrected chi connectivity index (χ2v) is 6.72. The second kappa shape index (κ2) is 7.25. The summed E-state index contributed by atoms with van der Waals surface area (Å²) in [4.78, 5) is 38.4. The first-order valence-corrected chi connectivity index (χ1v) is 8.85. The fraction of sp³-hybridized carbons (Fsp3) is 0.647. The molecular weight excluding hydrogens is 326 g/mol. The van der Waals surface area contributed by atoms with Crippen LogP contribution < -0.4 is 0 Å². The smallest absolute Gasteiger partial charge is 0.395 e. The lowest BCUT2D eigenvalue weighted by Crippen LogP contribution is -2.58. The highest BCUT2D eigenvalue weighted by Gasteiger charge is 2.40. The molecule has 0 aromatic carbocycles. The van der Waals surface area contributed by atoms with Gasteiger partial charge in [0.1, 0.15) is 4.92 Å². The van der Waals surface area contributed by atoms with E-state index in [9.17, 15) is 19.7 Å². The van der Waals surface area contributed by atoms with E-state index in [1.54, 1.807) is 0 Å². The van der Waals surface area contributed by atoms with E-state index in [4.69, 9.17) is 4.42 Å². The predicted octanol–water partition coefficient (Wildman–Crippen LogP) is 2.44. The predicted molar refractivity (Wildman–Crippen MR) is 89.0 cm³/mol. The van der Waals surface area contributed by atoms with Crippen LogP contribution in [0.1, 0.15) is 49.6 Å². The molecule has 1 aliphatic heterocycles. The van der Waals surface area contributed by atoms with Gasteiger partial charge in [0.05, 0.1) is 12.0 Å². The second-order valence-electron chi connectivity index (χ2n) is 6.72. The van der Waals surface area contributed by atoms with Gasteiger partial charge in [-0.05, 0) is 25.8 Å². The van der Waals surface area contributed by atoms with E-state index in [2.05, 4.69) is 0 Å². The van der Waals surface area contributed by atoms with Gasteiger partial charge >= 0.3 is 5.88 Å². The number of nitrogens with zero attached hydrogens (tertiary/aromatic N) is 3. The molecule has 1 saturated heterocycles. The molecule has 25 heavy (non-hydrogen) atoms. The summed E-state index contributed by atoms with van der Waals surface area (Å²) in [6.45, 7) is 3.37. The lowest BCUT2D eigenvalue weighted by molar-refractivity contribution is -0.402. The van der Waals surface area contributed by atoms with Crippen LogP contribution in [0.3, 0.4) is 0 Å². The fourth-order valence-electron chi connectivity index (χ4n) is 3.72. The Hall–Kier alpha value is -2.38. The average Bonchev–Trinajstić information content (AvgIpc) is 3.05. The molecule has 1 aliphatic carbocycles. The van der Waals surface area contributed by atoms with Gasteiger partial charge in [0.15, 0.2) is 5.76 Å². The molecule has 0 atom stereocenters. The molecule has 2 amide bonds. The fourth-order valence-corrected chi connectivity index (χ4v) is 3.72. The maximum Gasteiger partial charge on any atom is 0.433 e. The zero-order valence-corrected chi connectivity index (χ0v) is 14.3. The van der Waals surface area contributed by atoms with Crippen molar-refractivity contribution in [3.63, 3.8) is 0 Å². The molecule has 2 aliphatic rings. The Balaban J connectivity index is 1.56. The number of carbonyl (C=O) groups is 2. The zero-order valence-electron chi connectivity index (χ0n) is 14.3. The van der Waals surface area contributed by atoms with Crippen LogP contribution >= 0.6 is 0 Å². The Bertz CT molecular complexity index is 659. The van der Waals surface area contributed by atoms with Crippen LogP contribution in [-0.4, -0.2) is 52.2 Å². The average molecular weight is 349 g/mol. The van der Waals surface area contributed by atoms with Gasteiger partial charge in [-0.25, -0.2) is 0 Å². The molecule has 2 fully saturated rings. The molecule has 0 N–H and O–H groups in total. The molecule has 8 nitrogen and oxygen atoms in total. The third kappa shape index (κ3) is 3.52. The van der Waals surface area contributed by atoms with Crippen molar-refractivity contribution in [3.05, 3.63) is 28.0 Å². The monoisotopic (exact) mass is 349 g/mol. The molecule has 1 saturated carbocycles. The van der Waals surface area contributed by atoms with E-state index in [0.29, 0.717) is 25.7 Å². The van der Waals surface area contributed by atoms with E-state index in [0.717, 1.165) is 18.9 Å². The largest absolute Gasteiger partial charge is 0.433 e. The van der Waals surface area contributed by atoms with E-state index >= 15 is 0 Å². The van der Waals surface area contributed by atoms with Crippen molar-refractivity contribution in [3.8, 4) is 0 Å². The minimum atomic E-state index is -0.678. The van der Waals surface area contributed by atoms with Crippen molar-refractivity contribution in [2.45, 2.75) is 45.1 Å². The summed E-state index contributed by atoms with van der Waals surface area (Å²) in [6.07, 6.45) is 5.70. The van der Waals surface area contributed by atoms with Crippen LogP contribution in [0.5, 0.6) is 0 Å². The summed E-state index contributed by atoms with van der Waals surface area (Å²) < 4.78 is 4.94. The standard InChI is InChI=1S/C17H23N3O5/c1-2-19(13-6-4-3-5-7-13)16(21)12-10-18(11-12)17(22)14-8-9-15(25-14)20(23)24/h8-9,12-13H,2-7,10-11H2,1H3. The summed E-state index contributed by atoms with van der Waals surface area (Å²) in [7, 11) is 0. The van der Waals surface area contributed by atoms with Gasteiger partial charge in [0, 0.05) is 25.7 Å². The third-order valence-electron chi connectivity index (χ3n) is 5.14. The molecular formula is C17H23N3O5. The topological polar surface area (TPSA) is 96.9 Å². The van der Waals surface area contributed by atoms with Crippen LogP contribution in [0.2, 0.25) is 0 Å². The van der Waals surface area contributed by atoms with Gasteiger partial charge in [0.25, 0.3) is 5.91 Å². The Morgan fingerprint density at radius 2 is 1.96 bits per heavy atom. The molecule has 0 spiro atoms. The molecule has 136 valence electrons. The number of furan rings is 1. The van der Waals surface area contributed by atoms with Crippen LogP contribution in [0.15, 0.2) is 16.5 Å². The van der Waals surface area contributed by atoms with Crippen molar-refractivity contribution in [2.75, 3.05) is 19.6 Å². The minimum absolute atomic E-state index is 0.0581. The lowest BCUT2D eigenvalue weighted by atomic mass is 9.91. The minimum Gasteiger partial charge on any atom is -0.395 e. The van der Waals surface area contributed by atoms with Gasteiger partial charge in [-0.2, -0.15) is 0 Å². The van der Waals surface area contributed by atoms with Crippen LogP contribution in [0.25, 0.3) is 0 Å². The Labute approximate surface area is 145 Å². The molecule has 0 radical (unpaired) electrons. The molecule has 0 bridgehead atoms.